The maximum absolute atomic E-state index is 5.25. The molecule has 8 heteroatoms. The lowest BCUT2D eigenvalue weighted by atomic mass is 10.00. The molecular formula is C16H26IN5OS. The zero-order valence-electron chi connectivity index (χ0n) is 15.1. The Morgan fingerprint density at radius 3 is 2.62 bits per heavy atom. The van der Waals surface area contributed by atoms with Crippen molar-refractivity contribution in [1.29, 1.82) is 0 Å². The SMILES string of the molecule is CN=C(NCC(C)c1c(C)noc1C)N(C)Cc1csc(C)n1.I. The van der Waals surface area contributed by atoms with Gasteiger partial charge in [0.05, 0.1) is 22.9 Å². The van der Waals surface area contributed by atoms with Crippen LogP contribution in [-0.4, -0.2) is 41.6 Å². The highest BCUT2D eigenvalue weighted by Crippen LogP contribution is 2.22. The summed E-state index contributed by atoms with van der Waals surface area (Å²) in [5, 5.41) is 10.6. The Labute approximate surface area is 164 Å². The summed E-state index contributed by atoms with van der Waals surface area (Å²) < 4.78 is 5.25. The molecule has 2 heterocycles. The van der Waals surface area contributed by atoms with Gasteiger partial charge in [-0.05, 0) is 20.8 Å². The molecular weight excluding hydrogens is 437 g/mol. The van der Waals surface area contributed by atoms with Crippen LogP contribution in [0.1, 0.15) is 40.6 Å². The number of aryl methyl sites for hydroxylation is 3. The molecule has 1 unspecified atom stereocenters. The highest BCUT2D eigenvalue weighted by atomic mass is 127. The predicted molar refractivity (Wildman–Crippen MR) is 109 cm³/mol. The highest BCUT2D eigenvalue weighted by Gasteiger charge is 2.17. The number of thiazole rings is 1. The molecule has 0 spiro atoms. The van der Waals surface area contributed by atoms with E-state index >= 15 is 0 Å². The lowest BCUT2D eigenvalue weighted by Gasteiger charge is -2.23. The van der Waals surface area contributed by atoms with Gasteiger partial charge in [-0.3, -0.25) is 4.99 Å². The van der Waals surface area contributed by atoms with E-state index in [1.807, 2.05) is 27.8 Å². The molecule has 0 aliphatic carbocycles. The van der Waals surface area contributed by atoms with E-state index < -0.39 is 0 Å². The molecule has 0 aliphatic rings. The Morgan fingerprint density at radius 1 is 1.42 bits per heavy atom. The largest absolute Gasteiger partial charge is 0.361 e. The van der Waals surface area contributed by atoms with Gasteiger partial charge in [0.25, 0.3) is 0 Å². The summed E-state index contributed by atoms with van der Waals surface area (Å²) in [4.78, 5) is 10.9. The van der Waals surface area contributed by atoms with Crippen LogP contribution >= 0.6 is 35.3 Å². The number of nitrogens with zero attached hydrogens (tertiary/aromatic N) is 4. The molecule has 0 bridgehead atoms. The average Bonchev–Trinajstić information content (AvgIpc) is 3.05. The van der Waals surface area contributed by atoms with Crippen molar-refractivity contribution >= 4 is 41.3 Å². The van der Waals surface area contributed by atoms with Gasteiger partial charge in [0.2, 0.25) is 0 Å². The first-order valence-corrected chi connectivity index (χ1v) is 8.55. The van der Waals surface area contributed by atoms with Gasteiger partial charge in [-0.25, -0.2) is 4.98 Å². The fraction of sp³-hybridized carbons (Fsp3) is 0.562. The summed E-state index contributed by atoms with van der Waals surface area (Å²) in [7, 11) is 3.82. The van der Waals surface area contributed by atoms with Crippen molar-refractivity contribution in [2.24, 2.45) is 4.99 Å². The van der Waals surface area contributed by atoms with Gasteiger partial charge in [-0.2, -0.15) is 0 Å². The summed E-state index contributed by atoms with van der Waals surface area (Å²) >= 11 is 1.67. The van der Waals surface area contributed by atoms with E-state index in [1.54, 1.807) is 18.4 Å². The molecule has 0 radical (unpaired) electrons. The summed E-state index contributed by atoms with van der Waals surface area (Å²) in [6.07, 6.45) is 0. The molecule has 1 N–H and O–H groups in total. The van der Waals surface area contributed by atoms with Crippen LogP contribution in [0.5, 0.6) is 0 Å². The fourth-order valence-electron chi connectivity index (χ4n) is 2.72. The quantitative estimate of drug-likeness (QED) is 0.418. The first-order chi connectivity index (χ1) is 10.9. The first kappa shape index (κ1) is 20.9. The summed E-state index contributed by atoms with van der Waals surface area (Å²) in [6, 6.07) is 0. The average molecular weight is 463 g/mol. The smallest absolute Gasteiger partial charge is 0.193 e. The number of halogens is 1. The third-order valence-electron chi connectivity index (χ3n) is 3.79. The van der Waals surface area contributed by atoms with Crippen LogP contribution in [-0.2, 0) is 6.54 Å². The Morgan fingerprint density at radius 2 is 2.12 bits per heavy atom. The predicted octanol–water partition coefficient (Wildman–Crippen LogP) is 3.49. The van der Waals surface area contributed by atoms with Crippen LogP contribution in [0.4, 0.5) is 0 Å². The number of aromatic nitrogens is 2. The van der Waals surface area contributed by atoms with E-state index in [9.17, 15) is 0 Å². The number of aliphatic imine (C=N–C) groups is 1. The number of hydrogen-bond donors (Lipinski definition) is 1. The van der Waals surface area contributed by atoms with Crippen molar-refractivity contribution in [1.82, 2.24) is 20.4 Å². The van der Waals surface area contributed by atoms with Crippen LogP contribution in [0, 0.1) is 20.8 Å². The molecule has 0 aromatic carbocycles. The summed E-state index contributed by atoms with van der Waals surface area (Å²) in [6.45, 7) is 9.63. The van der Waals surface area contributed by atoms with Gasteiger partial charge >= 0.3 is 0 Å². The Balaban J connectivity index is 0.00000288. The minimum Gasteiger partial charge on any atom is -0.361 e. The molecule has 2 rings (SSSR count). The topological polar surface area (TPSA) is 66.6 Å². The van der Waals surface area contributed by atoms with Gasteiger partial charge in [0, 0.05) is 37.5 Å². The second-order valence-electron chi connectivity index (χ2n) is 5.78. The Bertz CT molecular complexity index is 662. The van der Waals surface area contributed by atoms with Gasteiger partial charge < -0.3 is 14.7 Å². The number of nitrogens with one attached hydrogen (secondary N) is 1. The summed E-state index contributed by atoms with van der Waals surface area (Å²) in [5.41, 5.74) is 3.19. The highest BCUT2D eigenvalue weighted by molar-refractivity contribution is 14.0. The maximum atomic E-state index is 5.25. The Hall–Kier alpha value is -1.16. The third-order valence-corrected chi connectivity index (χ3v) is 4.61. The van der Waals surface area contributed by atoms with Crippen molar-refractivity contribution in [3.05, 3.63) is 33.1 Å². The van der Waals surface area contributed by atoms with Crippen molar-refractivity contribution in [2.75, 3.05) is 20.6 Å². The van der Waals surface area contributed by atoms with E-state index in [1.165, 1.54) is 5.56 Å². The molecule has 134 valence electrons. The van der Waals surface area contributed by atoms with Crippen LogP contribution in [0.25, 0.3) is 0 Å². The van der Waals surface area contributed by atoms with Crippen LogP contribution in [0.15, 0.2) is 14.9 Å². The second-order valence-corrected chi connectivity index (χ2v) is 6.84. The molecule has 2 aromatic rings. The van der Waals surface area contributed by atoms with Gasteiger partial charge in [0.1, 0.15) is 5.76 Å². The molecule has 0 fully saturated rings. The van der Waals surface area contributed by atoms with Crippen LogP contribution < -0.4 is 5.32 Å². The maximum Gasteiger partial charge on any atom is 0.193 e. The van der Waals surface area contributed by atoms with Gasteiger partial charge in [-0.1, -0.05) is 12.1 Å². The van der Waals surface area contributed by atoms with Crippen molar-refractivity contribution < 1.29 is 4.52 Å². The number of hydrogen-bond acceptors (Lipinski definition) is 5. The molecule has 0 aliphatic heterocycles. The zero-order valence-corrected chi connectivity index (χ0v) is 18.2. The lowest BCUT2D eigenvalue weighted by Crippen LogP contribution is -2.40. The van der Waals surface area contributed by atoms with E-state index in [0.29, 0.717) is 5.92 Å². The van der Waals surface area contributed by atoms with E-state index in [0.717, 1.165) is 41.2 Å². The van der Waals surface area contributed by atoms with Gasteiger partial charge in [0.15, 0.2) is 5.96 Å². The van der Waals surface area contributed by atoms with Crippen molar-refractivity contribution in [2.45, 2.75) is 40.2 Å². The van der Waals surface area contributed by atoms with Crippen LogP contribution in [0.3, 0.4) is 0 Å². The van der Waals surface area contributed by atoms with Gasteiger partial charge in [-0.15, -0.1) is 35.3 Å². The first-order valence-electron chi connectivity index (χ1n) is 7.68. The normalized spacial score (nSPS) is 12.7. The van der Waals surface area contributed by atoms with E-state index in [2.05, 4.69) is 37.7 Å². The lowest BCUT2D eigenvalue weighted by molar-refractivity contribution is 0.391. The third kappa shape index (κ3) is 5.17. The molecule has 2 aromatic heterocycles. The summed E-state index contributed by atoms with van der Waals surface area (Å²) in [5.74, 6) is 2.04. The standard InChI is InChI=1S/C16H25N5OS.HI/c1-10(15-11(2)20-22-12(15)3)7-18-16(17-5)21(6)8-14-9-23-13(4)19-14;/h9-10H,7-8H2,1-6H3,(H,17,18);1H. The van der Waals surface area contributed by atoms with E-state index in [-0.39, 0.29) is 24.0 Å². The molecule has 6 nitrogen and oxygen atoms in total. The molecule has 0 saturated heterocycles. The fourth-order valence-corrected chi connectivity index (χ4v) is 3.33. The molecule has 0 amide bonds. The van der Waals surface area contributed by atoms with Crippen LogP contribution in [0.2, 0.25) is 0 Å². The second kappa shape index (κ2) is 9.36. The zero-order chi connectivity index (χ0) is 17.0. The number of guanidine groups is 1. The van der Waals surface area contributed by atoms with Crippen molar-refractivity contribution in [3.63, 3.8) is 0 Å². The minimum atomic E-state index is 0. The Kier molecular flexibility index (Phi) is 8.14. The van der Waals surface area contributed by atoms with E-state index in [4.69, 9.17) is 4.52 Å². The monoisotopic (exact) mass is 463 g/mol. The minimum absolute atomic E-state index is 0. The molecule has 1 atom stereocenters. The number of rotatable bonds is 5. The molecule has 24 heavy (non-hydrogen) atoms. The molecule has 0 saturated carbocycles. The van der Waals surface area contributed by atoms with Crippen molar-refractivity contribution in [3.8, 4) is 0 Å².